The van der Waals surface area contributed by atoms with Gasteiger partial charge in [0.15, 0.2) is 0 Å². The van der Waals surface area contributed by atoms with Crippen molar-refractivity contribution >= 4 is 17.8 Å². The Labute approximate surface area is 202 Å². The second kappa shape index (κ2) is 12.0. The van der Waals surface area contributed by atoms with Crippen LogP contribution in [0.25, 0.3) is 0 Å². The number of allylic oxidation sites excluding steroid dienone is 1. The number of carboxylic acids is 1. The Kier molecular flexibility index (Phi) is 9.05. The Bertz CT molecular complexity index is 898. The van der Waals surface area contributed by atoms with Gasteiger partial charge in [-0.05, 0) is 30.7 Å². The summed E-state index contributed by atoms with van der Waals surface area (Å²) in [7, 11) is 0. The molecule has 7 nitrogen and oxygen atoms in total. The molecule has 0 bridgehead atoms. The Morgan fingerprint density at radius 1 is 1.21 bits per heavy atom. The normalized spacial score (nSPS) is 22.6. The number of piperazine rings is 1. The lowest BCUT2D eigenvalue weighted by Crippen LogP contribution is -2.58. The molecule has 7 heteroatoms. The number of carbonyl (C=O) groups is 3. The van der Waals surface area contributed by atoms with Crippen molar-refractivity contribution in [2.75, 3.05) is 19.6 Å². The van der Waals surface area contributed by atoms with Crippen molar-refractivity contribution in [3.63, 3.8) is 0 Å². The Morgan fingerprint density at radius 2 is 1.94 bits per heavy atom. The van der Waals surface area contributed by atoms with Crippen LogP contribution in [-0.4, -0.2) is 64.4 Å². The Balaban J connectivity index is 1.67. The molecular weight excluding hydrogens is 430 g/mol. The zero-order chi connectivity index (χ0) is 24.7. The quantitative estimate of drug-likeness (QED) is 0.516. The number of benzene rings is 1. The molecule has 0 saturated carbocycles. The van der Waals surface area contributed by atoms with Crippen molar-refractivity contribution in [1.29, 1.82) is 0 Å². The van der Waals surface area contributed by atoms with Crippen molar-refractivity contribution in [2.24, 2.45) is 17.8 Å². The van der Waals surface area contributed by atoms with Crippen LogP contribution in [0.3, 0.4) is 0 Å². The van der Waals surface area contributed by atoms with E-state index in [9.17, 15) is 19.5 Å². The molecule has 2 amide bonds. The van der Waals surface area contributed by atoms with E-state index in [1.807, 2.05) is 43.0 Å². The van der Waals surface area contributed by atoms with Crippen molar-refractivity contribution in [3.8, 4) is 0 Å². The molecule has 1 aromatic rings. The van der Waals surface area contributed by atoms with Crippen molar-refractivity contribution in [3.05, 3.63) is 60.7 Å². The minimum atomic E-state index is -1.01. The first-order valence-electron chi connectivity index (χ1n) is 12.2. The van der Waals surface area contributed by atoms with E-state index in [2.05, 4.69) is 35.0 Å². The summed E-state index contributed by atoms with van der Waals surface area (Å²) in [5.74, 6) is -2.89. The van der Waals surface area contributed by atoms with Crippen LogP contribution in [0, 0.1) is 17.8 Å². The largest absolute Gasteiger partial charge is 0.481 e. The second-order valence-corrected chi connectivity index (χ2v) is 9.75. The van der Waals surface area contributed by atoms with Crippen LogP contribution in [0.4, 0.5) is 0 Å². The lowest BCUT2D eigenvalue weighted by atomic mass is 9.82. The minimum Gasteiger partial charge on any atom is -0.481 e. The standard InChI is InChI=1S/C27H37N3O4/c1-4-9-22(27(33)34)23(16-19(2)3)25(31)28-24-13-8-12-21-18-29(14-15-30(21)26(24)32)17-20-10-6-5-7-11-20/h4-8,10-12,19,21-24H,1,9,13-18H2,2-3H3,(H,28,31)(H,33,34)/t21?,22-,23?,24-/m0/s1. The molecule has 2 heterocycles. The fraction of sp³-hybridized carbons (Fsp3) is 0.519. The van der Waals surface area contributed by atoms with Gasteiger partial charge in [0.2, 0.25) is 11.8 Å². The van der Waals surface area contributed by atoms with Gasteiger partial charge in [0.1, 0.15) is 6.04 Å². The topological polar surface area (TPSA) is 89.9 Å². The molecule has 2 aliphatic heterocycles. The number of nitrogens with zero attached hydrogens (tertiary/aromatic N) is 2. The Hall–Kier alpha value is -2.93. The highest BCUT2D eigenvalue weighted by Crippen LogP contribution is 2.26. The Morgan fingerprint density at radius 3 is 2.59 bits per heavy atom. The number of hydrogen-bond donors (Lipinski definition) is 2. The lowest BCUT2D eigenvalue weighted by molar-refractivity contribution is -0.148. The smallest absolute Gasteiger partial charge is 0.307 e. The summed E-state index contributed by atoms with van der Waals surface area (Å²) in [4.78, 5) is 42.7. The number of fused-ring (bicyclic) bond motifs is 1. The van der Waals surface area contributed by atoms with E-state index in [1.54, 1.807) is 6.08 Å². The van der Waals surface area contributed by atoms with Gasteiger partial charge in [-0.25, -0.2) is 0 Å². The van der Waals surface area contributed by atoms with E-state index in [-0.39, 0.29) is 30.2 Å². The zero-order valence-electron chi connectivity index (χ0n) is 20.2. The summed E-state index contributed by atoms with van der Waals surface area (Å²) in [6.07, 6.45) is 6.63. The molecule has 0 spiro atoms. The van der Waals surface area contributed by atoms with Crippen LogP contribution < -0.4 is 5.32 Å². The number of rotatable bonds is 10. The molecule has 1 fully saturated rings. The van der Waals surface area contributed by atoms with E-state index in [0.717, 1.165) is 19.6 Å². The first-order chi connectivity index (χ1) is 16.3. The maximum Gasteiger partial charge on any atom is 0.307 e. The summed E-state index contributed by atoms with van der Waals surface area (Å²) >= 11 is 0. The molecule has 1 aromatic carbocycles. The molecule has 2 unspecified atom stereocenters. The second-order valence-electron chi connectivity index (χ2n) is 9.75. The molecule has 2 N–H and O–H groups in total. The molecule has 0 aromatic heterocycles. The van der Waals surface area contributed by atoms with Gasteiger partial charge in [-0.3, -0.25) is 19.3 Å². The van der Waals surface area contributed by atoms with Crippen LogP contribution >= 0.6 is 0 Å². The molecular formula is C27H37N3O4. The predicted molar refractivity (Wildman–Crippen MR) is 132 cm³/mol. The van der Waals surface area contributed by atoms with Gasteiger partial charge in [0.05, 0.1) is 17.9 Å². The third kappa shape index (κ3) is 6.56. The van der Waals surface area contributed by atoms with Gasteiger partial charge in [-0.2, -0.15) is 0 Å². The molecule has 1 saturated heterocycles. The van der Waals surface area contributed by atoms with Crippen LogP contribution in [0.15, 0.2) is 55.1 Å². The fourth-order valence-electron chi connectivity index (χ4n) is 4.94. The zero-order valence-corrected chi connectivity index (χ0v) is 20.2. The molecule has 184 valence electrons. The van der Waals surface area contributed by atoms with E-state index < -0.39 is 23.8 Å². The molecule has 4 atom stereocenters. The molecule has 2 aliphatic rings. The van der Waals surface area contributed by atoms with E-state index in [1.165, 1.54) is 5.56 Å². The lowest BCUT2D eigenvalue weighted by Gasteiger charge is -2.40. The van der Waals surface area contributed by atoms with E-state index in [0.29, 0.717) is 19.4 Å². The highest BCUT2D eigenvalue weighted by molar-refractivity contribution is 5.91. The fourth-order valence-corrected chi connectivity index (χ4v) is 4.94. The van der Waals surface area contributed by atoms with Crippen LogP contribution in [0.1, 0.15) is 38.7 Å². The number of carboxylic acid groups (broad SMARTS) is 1. The van der Waals surface area contributed by atoms with E-state index in [4.69, 9.17) is 0 Å². The molecule has 3 rings (SSSR count). The van der Waals surface area contributed by atoms with Crippen molar-refractivity contribution in [1.82, 2.24) is 15.1 Å². The monoisotopic (exact) mass is 467 g/mol. The number of amides is 2. The van der Waals surface area contributed by atoms with Crippen molar-refractivity contribution < 1.29 is 19.5 Å². The van der Waals surface area contributed by atoms with Gasteiger partial charge >= 0.3 is 5.97 Å². The summed E-state index contributed by atoms with van der Waals surface area (Å²) in [5.41, 5.74) is 1.24. The predicted octanol–water partition coefficient (Wildman–Crippen LogP) is 3.08. The van der Waals surface area contributed by atoms with Gasteiger partial charge in [0, 0.05) is 26.2 Å². The van der Waals surface area contributed by atoms with Crippen molar-refractivity contribution in [2.45, 2.75) is 51.7 Å². The van der Waals surface area contributed by atoms with Crippen LogP contribution in [-0.2, 0) is 20.9 Å². The maximum absolute atomic E-state index is 13.4. The highest BCUT2D eigenvalue weighted by atomic mass is 16.4. The highest BCUT2D eigenvalue weighted by Gasteiger charge is 2.38. The molecule has 34 heavy (non-hydrogen) atoms. The summed E-state index contributed by atoms with van der Waals surface area (Å²) in [5, 5.41) is 12.6. The molecule has 0 aliphatic carbocycles. The summed E-state index contributed by atoms with van der Waals surface area (Å²) < 4.78 is 0. The number of aliphatic carboxylic acids is 1. The van der Waals surface area contributed by atoms with E-state index >= 15 is 0 Å². The van der Waals surface area contributed by atoms with Crippen LogP contribution in [0.2, 0.25) is 0 Å². The average Bonchev–Trinajstić information content (AvgIpc) is 2.95. The van der Waals surface area contributed by atoms with Gasteiger partial charge in [-0.1, -0.05) is 62.4 Å². The SMILES string of the molecule is C=CC[C@H](C(=O)O)C(CC(C)C)C(=O)N[C@H]1CC=CC2CN(Cc3ccccc3)CCN2C1=O. The number of carbonyl (C=O) groups excluding carboxylic acids is 2. The molecule has 0 radical (unpaired) electrons. The summed E-state index contributed by atoms with van der Waals surface area (Å²) in [6, 6.07) is 9.57. The number of hydrogen-bond acceptors (Lipinski definition) is 4. The maximum atomic E-state index is 13.4. The minimum absolute atomic E-state index is 0.0362. The third-order valence-electron chi connectivity index (χ3n) is 6.67. The van der Waals surface area contributed by atoms with Crippen LogP contribution in [0.5, 0.6) is 0 Å². The first-order valence-corrected chi connectivity index (χ1v) is 12.2. The van der Waals surface area contributed by atoms with Gasteiger partial charge in [-0.15, -0.1) is 6.58 Å². The third-order valence-corrected chi connectivity index (χ3v) is 6.67. The first kappa shape index (κ1) is 25.7. The average molecular weight is 468 g/mol. The van der Waals surface area contributed by atoms with Gasteiger partial charge < -0.3 is 15.3 Å². The number of nitrogens with one attached hydrogen (secondary N) is 1. The van der Waals surface area contributed by atoms with Gasteiger partial charge in [0.25, 0.3) is 0 Å². The summed E-state index contributed by atoms with van der Waals surface area (Å²) in [6.45, 7) is 10.5.